The molecule has 2 heterocycles. The van der Waals surface area contributed by atoms with E-state index in [0.717, 1.165) is 11.4 Å². The number of Topliss-reactive ketones (excluding diaryl/α,β-unsaturated/α-hetero) is 1. The molecule has 3 rings (SSSR count). The van der Waals surface area contributed by atoms with Crippen molar-refractivity contribution >= 4 is 34.4 Å². The van der Waals surface area contributed by atoms with Crippen molar-refractivity contribution in [1.29, 1.82) is 0 Å². The lowest BCUT2D eigenvalue weighted by Gasteiger charge is -2.20. The van der Waals surface area contributed by atoms with Crippen LogP contribution < -0.4 is 9.80 Å². The van der Waals surface area contributed by atoms with Crippen LogP contribution in [0.5, 0.6) is 0 Å². The van der Waals surface area contributed by atoms with Gasteiger partial charge in [-0.25, -0.2) is 4.98 Å². The smallest absolute Gasteiger partial charge is 0.299 e. The highest BCUT2D eigenvalue weighted by molar-refractivity contribution is 7.07. The molecular weight excluding hydrogens is 274 g/mol. The van der Waals surface area contributed by atoms with E-state index in [1.165, 1.54) is 4.90 Å². The van der Waals surface area contributed by atoms with Gasteiger partial charge in [-0.05, 0) is 18.2 Å². The summed E-state index contributed by atoms with van der Waals surface area (Å²) in [6, 6.07) is 5.44. The Morgan fingerprint density at radius 3 is 2.85 bits per heavy atom. The molecule has 1 aromatic carbocycles. The Balaban J connectivity index is 1.90. The van der Waals surface area contributed by atoms with Gasteiger partial charge in [0.1, 0.15) is 0 Å². The number of anilines is 2. The Labute approximate surface area is 120 Å². The maximum Gasteiger partial charge on any atom is 0.299 e. The largest absolute Gasteiger partial charge is 0.369 e. The first kappa shape index (κ1) is 12.8. The van der Waals surface area contributed by atoms with Crippen molar-refractivity contribution in [3.63, 3.8) is 0 Å². The summed E-state index contributed by atoms with van der Waals surface area (Å²) in [6.07, 6.45) is 0. The molecule has 102 valence electrons. The molecule has 6 heteroatoms. The number of nitrogens with zero attached hydrogens (tertiary/aromatic N) is 3. The van der Waals surface area contributed by atoms with Crippen LogP contribution in [0, 0.1) is 0 Å². The van der Waals surface area contributed by atoms with Crippen molar-refractivity contribution < 1.29 is 9.59 Å². The minimum atomic E-state index is -0.473. The molecule has 1 aliphatic heterocycles. The van der Waals surface area contributed by atoms with Gasteiger partial charge in [-0.15, -0.1) is 11.3 Å². The molecule has 5 nitrogen and oxygen atoms in total. The maximum absolute atomic E-state index is 11.7. The Morgan fingerprint density at radius 1 is 1.35 bits per heavy atom. The lowest BCUT2D eigenvalue weighted by Crippen LogP contribution is -2.25. The minimum absolute atomic E-state index is 0.434. The van der Waals surface area contributed by atoms with Gasteiger partial charge in [0.15, 0.2) is 0 Å². The van der Waals surface area contributed by atoms with E-state index >= 15 is 0 Å². The fourth-order valence-electron chi connectivity index (χ4n) is 2.25. The molecule has 0 radical (unpaired) electrons. The van der Waals surface area contributed by atoms with Crippen LogP contribution in [0.2, 0.25) is 0 Å². The Kier molecular flexibility index (Phi) is 3.02. The number of hydrogen-bond donors (Lipinski definition) is 0. The normalized spacial score (nSPS) is 13.8. The number of likely N-dealkylation sites (N-methyl/N-ethyl adjacent to an activating group) is 1. The number of aromatic nitrogens is 1. The van der Waals surface area contributed by atoms with E-state index in [1.807, 2.05) is 29.5 Å². The second kappa shape index (κ2) is 4.72. The van der Waals surface area contributed by atoms with Crippen LogP contribution in [-0.4, -0.2) is 30.8 Å². The molecule has 1 aromatic heterocycles. The van der Waals surface area contributed by atoms with Gasteiger partial charge in [-0.2, -0.15) is 0 Å². The second-order valence-electron chi connectivity index (χ2n) is 4.73. The molecule has 1 aliphatic rings. The predicted octanol–water partition coefficient (Wildman–Crippen LogP) is 1.94. The fourth-order valence-corrected chi connectivity index (χ4v) is 2.80. The van der Waals surface area contributed by atoms with Crippen molar-refractivity contribution in [3.8, 4) is 0 Å². The number of benzene rings is 1. The van der Waals surface area contributed by atoms with Crippen LogP contribution in [0.3, 0.4) is 0 Å². The summed E-state index contributed by atoms with van der Waals surface area (Å²) in [5.41, 5.74) is 4.90. The number of hydrogen-bond acceptors (Lipinski definition) is 5. The van der Waals surface area contributed by atoms with E-state index in [2.05, 4.69) is 4.98 Å². The molecule has 0 bridgehead atoms. The quantitative estimate of drug-likeness (QED) is 0.810. The molecule has 1 amide bonds. The van der Waals surface area contributed by atoms with Gasteiger partial charge in [-0.3, -0.25) is 9.59 Å². The minimum Gasteiger partial charge on any atom is -0.369 e. The zero-order valence-electron chi connectivity index (χ0n) is 11.2. The van der Waals surface area contributed by atoms with Gasteiger partial charge >= 0.3 is 0 Å². The summed E-state index contributed by atoms with van der Waals surface area (Å²) < 4.78 is 0. The van der Waals surface area contributed by atoms with Crippen LogP contribution >= 0.6 is 11.3 Å². The molecule has 0 atom stereocenters. The van der Waals surface area contributed by atoms with Gasteiger partial charge in [0.05, 0.1) is 29.0 Å². The molecule has 0 fully saturated rings. The van der Waals surface area contributed by atoms with Crippen molar-refractivity contribution in [3.05, 3.63) is 40.3 Å². The van der Waals surface area contributed by atoms with Crippen molar-refractivity contribution in [2.24, 2.45) is 0 Å². The Morgan fingerprint density at radius 2 is 2.15 bits per heavy atom. The zero-order chi connectivity index (χ0) is 14.3. The van der Waals surface area contributed by atoms with Crippen molar-refractivity contribution in [2.75, 3.05) is 23.9 Å². The van der Waals surface area contributed by atoms with Gasteiger partial charge in [0.2, 0.25) is 0 Å². The van der Waals surface area contributed by atoms with E-state index in [-0.39, 0.29) is 0 Å². The van der Waals surface area contributed by atoms with Gasteiger partial charge in [0, 0.05) is 25.2 Å². The van der Waals surface area contributed by atoms with Crippen molar-refractivity contribution in [1.82, 2.24) is 4.98 Å². The fraction of sp³-hybridized carbons (Fsp3) is 0.214. The number of carbonyl (C=O) groups excluding carboxylic acids is 2. The second-order valence-corrected chi connectivity index (χ2v) is 5.45. The highest BCUT2D eigenvalue weighted by Crippen LogP contribution is 2.31. The Hall–Kier alpha value is -2.21. The third kappa shape index (κ3) is 1.98. The van der Waals surface area contributed by atoms with Gasteiger partial charge in [-0.1, -0.05) is 0 Å². The third-order valence-corrected chi connectivity index (χ3v) is 4.04. The highest BCUT2D eigenvalue weighted by Gasteiger charge is 2.33. The summed E-state index contributed by atoms with van der Waals surface area (Å²) in [7, 11) is 3.58. The Bertz CT molecular complexity index is 682. The molecule has 0 saturated carbocycles. The first-order chi connectivity index (χ1) is 9.58. The molecule has 0 saturated heterocycles. The maximum atomic E-state index is 11.7. The van der Waals surface area contributed by atoms with Crippen LogP contribution in [0.15, 0.2) is 29.1 Å². The first-order valence-electron chi connectivity index (χ1n) is 6.12. The third-order valence-electron chi connectivity index (χ3n) is 3.41. The van der Waals surface area contributed by atoms with Gasteiger partial charge < -0.3 is 9.80 Å². The zero-order valence-corrected chi connectivity index (χ0v) is 12.0. The van der Waals surface area contributed by atoms with E-state index in [4.69, 9.17) is 0 Å². The number of fused-ring (bicyclic) bond motifs is 1. The molecule has 0 unspecified atom stereocenters. The summed E-state index contributed by atoms with van der Waals surface area (Å²) in [5, 5.41) is 2.00. The molecule has 20 heavy (non-hydrogen) atoms. The number of thiazole rings is 1. The van der Waals surface area contributed by atoms with Crippen LogP contribution in [0.25, 0.3) is 0 Å². The molecular formula is C14H13N3O2S. The molecule has 0 aliphatic carbocycles. The highest BCUT2D eigenvalue weighted by atomic mass is 32.1. The van der Waals surface area contributed by atoms with E-state index < -0.39 is 11.7 Å². The number of ketones is 1. The number of carbonyl (C=O) groups is 2. The van der Waals surface area contributed by atoms with Crippen molar-refractivity contribution in [2.45, 2.75) is 6.54 Å². The van der Waals surface area contributed by atoms with Crippen LogP contribution in [0.4, 0.5) is 11.4 Å². The summed E-state index contributed by atoms with van der Waals surface area (Å²) >= 11 is 1.56. The molecule has 2 aromatic rings. The average molecular weight is 287 g/mol. The molecule has 0 N–H and O–H groups in total. The van der Waals surface area contributed by atoms with E-state index in [1.54, 1.807) is 30.0 Å². The lowest BCUT2D eigenvalue weighted by atomic mass is 10.1. The predicted molar refractivity (Wildman–Crippen MR) is 78.4 cm³/mol. The summed E-state index contributed by atoms with van der Waals surface area (Å²) in [4.78, 5) is 31.1. The lowest BCUT2D eigenvalue weighted by molar-refractivity contribution is -0.114. The van der Waals surface area contributed by atoms with Crippen LogP contribution in [0.1, 0.15) is 16.1 Å². The summed E-state index contributed by atoms with van der Waals surface area (Å²) in [6.45, 7) is 0.688. The standard InChI is InChI=1S/C14H13N3O2S/c1-16(6-9-7-20-8-15-9)10-3-4-11-12(5-10)17(2)14(19)13(11)18/h3-5,7-8H,6H2,1-2H3. The topological polar surface area (TPSA) is 53.5 Å². The molecule has 0 spiro atoms. The average Bonchev–Trinajstić information content (AvgIpc) is 3.03. The van der Waals surface area contributed by atoms with E-state index in [0.29, 0.717) is 17.8 Å². The number of rotatable bonds is 3. The van der Waals surface area contributed by atoms with Crippen LogP contribution in [-0.2, 0) is 11.3 Å². The summed E-state index contributed by atoms with van der Waals surface area (Å²) in [5.74, 6) is -0.907. The van der Waals surface area contributed by atoms with E-state index in [9.17, 15) is 9.59 Å². The number of amides is 1. The monoisotopic (exact) mass is 287 g/mol. The SMILES string of the molecule is CN(Cc1cscn1)c1ccc2c(c1)N(C)C(=O)C2=O. The first-order valence-corrected chi connectivity index (χ1v) is 7.07. The van der Waals surface area contributed by atoms with Gasteiger partial charge in [0.25, 0.3) is 11.7 Å².